The standard InChI is InChI=1S/C2H5O3S/c1-5-6(2,3)4/h2H2,1H3. The van der Waals surface area contributed by atoms with Gasteiger partial charge in [0, 0.05) is 0 Å². The van der Waals surface area contributed by atoms with Crippen LogP contribution in [0.5, 0.6) is 0 Å². The van der Waals surface area contributed by atoms with E-state index < -0.39 is 10.1 Å². The zero-order chi connectivity index (χ0) is 5.21. The lowest BCUT2D eigenvalue weighted by Crippen LogP contribution is -1.92. The fraction of sp³-hybridized carbons (Fsp3) is 0.500. The van der Waals surface area contributed by atoms with Gasteiger partial charge >= 0.3 is 0 Å². The summed E-state index contributed by atoms with van der Waals surface area (Å²) >= 11 is 0. The van der Waals surface area contributed by atoms with Crippen molar-refractivity contribution in [1.82, 2.24) is 0 Å². The van der Waals surface area contributed by atoms with Gasteiger partial charge < -0.3 is 0 Å². The summed E-state index contributed by atoms with van der Waals surface area (Å²) < 4.78 is 23.1. The molecule has 0 aliphatic heterocycles. The summed E-state index contributed by atoms with van der Waals surface area (Å²) in [6, 6.07) is 0. The topological polar surface area (TPSA) is 43.4 Å². The highest BCUT2D eigenvalue weighted by molar-refractivity contribution is 7.87. The van der Waals surface area contributed by atoms with E-state index in [1.165, 1.54) is 0 Å². The molecule has 1 radical (unpaired) electrons. The normalized spacial score (nSPS) is 11.7. The maximum Gasteiger partial charge on any atom is 0.268 e. The van der Waals surface area contributed by atoms with Gasteiger partial charge in [-0.1, -0.05) is 0 Å². The fourth-order valence-corrected chi connectivity index (χ4v) is 0. The van der Waals surface area contributed by atoms with Crippen molar-refractivity contribution in [3.63, 3.8) is 0 Å². The third-order valence-electron chi connectivity index (χ3n) is 0.254. The molecule has 0 atom stereocenters. The first-order valence-electron chi connectivity index (χ1n) is 1.20. The van der Waals surface area contributed by atoms with E-state index in [2.05, 4.69) is 10.4 Å². The monoisotopic (exact) mass is 109 g/mol. The molecular weight excluding hydrogens is 104 g/mol. The summed E-state index contributed by atoms with van der Waals surface area (Å²) in [6.07, 6.45) is 2.64. The Morgan fingerprint density at radius 1 is 1.67 bits per heavy atom. The second-order valence-corrected chi connectivity index (χ2v) is 2.17. The average molecular weight is 109 g/mol. The van der Waals surface area contributed by atoms with Crippen LogP contribution in [0.15, 0.2) is 0 Å². The Morgan fingerprint density at radius 3 is 1.83 bits per heavy atom. The lowest BCUT2D eigenvalue weighted by atomic mass is 11.8. The zero-order valence-electron chi connectivity index (χ0n) is 3.34. The molecule has 0 aromatic rings. The molecule has 0 saturated carbocycles. The Morgan fingerprint density at radius 2 is 1.83 bits per heavy atom. The van der Waals surface area contributed by atoms with Crippen LogP contribution in [0.25, 0.3) is 0 Å². The molecule has 0 unspecified atom stereocenters. The second-order valence-electron chi connectivity index (χ2n) is 0.724. The molecular formula is C2H5O3S. The van der Waals surface area contributed by atoms with Crippen LogP contribution in [-0.2, 0) is 14.3 Å². The van der Waals surface area contributed by atoms with Gasteiger partial charge in [-0.25, -0.2) is 0 Å². The van der Waals surface area contributed by atoms with E-state index in [0.717, 1.165) is 7.11 Å². The smallest absolute Gasteiger partial charge is 0.268 e. The molecule has 0 rings (SSSR count). The van der Waals surface area contributed by atoms with Crippen molar-refractivity contribution in [2.45, 2.75) is 0 Å². The van der Waals surface area contributed by atoms with Crippen LogP contribution in [0.4, 0.5) is 0 Å². The van der Waals surface area contributed by atoms with Crippen molar-refractivity contribution in [3.05, 3.63) is 6.26 Å². The van der Waals surface area contributed by atoms with Crippen LogP contribution in [-0.4, -0.2) is 15.5 Å². The van der Waals surface area contributed by atoms with Crippen LogP contribution >= 0.6 is 0 Å². The van der Waals surface area contributed by atoms with Crippen molar-refractivity contribution in [1.29, 1.82) is 0 Å². The van der Waals surface area contributed by atoms with Gasteiger partial charge in [0.05, 0.1) is 13.4 Å². The molecule has 0 amide bonds. The van der Waals surface area contributed by atoms with Crippen LogP contribution in [0.2, 0.25) is 0 Å². The number of hydrogen-bond donors (Lipinski definition) is 0. The SMILES string of the molecule is [CH2]S(=O)(=O)OC. The van der Waals surface area contributed by atoms with Gasteiger partial charge in [-0.3, -0.25) is 4.18 Å². The molecule has 0 aliphatic rings. The summed E-state index contributed by atoms with van der Waals surface area (Å²) in [6.45, 7) is 0. The summed E-state index contributed by atoms with van der Waals surface area (Å²) in [5.41, 5.74) is 0. The Kier molecular flexibility index (Phi) is 1.55. The van der Waals surface area contributed by atoms with Gasteiger partial charge in [-0.05, 0) is 0 Å². The third kappa shape index (κ3) is 3.91. The highest BCUT2D eigenvalue weighted by atomic mass is 32.2. The number of rotatable bonds is 1. The maximum atomic E-state index is 9.67. The molecule has 37 valence electrons. The molecule has 0 aromatic heterocycles. The fourth-order valence-electron chi connectivity index (χ4n) is 0. The van der Waals surface area contributed by atoms with Gasteiger partial charge in [-0.2, -0.15) is 8.42 Å². The highest BCUT2D eigenvalue weighted by Crippen LogP contribution is 1.79. The maximum absolute atomic E-state index is 9.67. The van der Waals surface area contributed by atoms with Gasteiger partial charge in [0.15, 0.2) is 0 Å². The Balaban J connectivity index is 3.85. The molecule has 0 heterocycles. The van der Waals surface area contributed by atoms with Crippen LogP contribution < -0.4 is 0 Å². The predicted octanol–water partition coefficient (Wildman–Crippen LogP) is -0.246. The molecule has 0 N–H and O–H groups in total. The first-order chi connectivity index (χ1) is 2.56. The van der Waals surface area contributed by atoms with E-state index in [1.807, 2.05) is 0 Å². The minimum absolute atomic E-state index is 1.06. The summed E-state index contributed by atoms with van der Waals surface area (Å²) in [5.74, 6) is 0. The first kappa shape index (κ1) is 5.91. The molecule has 0 aliphatic carbocycles. The van der Waals surface area contributed by atoms with Crippen molar-refractivity contribution in [3.8, 4) is 0 Å². The summed E-state index contributed by atoms with van der Waals surface area (Å²) in [4.78, 5) is 0. The highest BCUT2D eigenvalue weighted by Gasteiger charge is 1.91. The van der Waals surface area contributed by atoms with Crippen molar-refractivity contribution >= 4 is 10.1 Å². The van der Waals surface area contributed by atoms with E-state index in [0.29, 0.717) is 0 Å². The lowest BCUT2D eigenvalue weighted by molar-refractivity contribution is 0.406. The molecule has 6 heavy (non-hydrogen) atoms. The van der Waals surface area contributed by atoms with E-state index in [-0.39, 0.29) is 0 Å². The van der Waals surface area contributed by atoms with Gasteiger partial charge in [0.25, 0.3) is 10.1 Å². The van der Waals surface area contributed by atoms with Gasteiger partial charge in [-0.15, -0.1) is 0 Å². The molecule has 0 spiro atoms. The van der Waals surface area contributed by atoms with Gasteiger partial charge in [0.2, 0.25) is 0 Å². The third-order valence-corrected chi connectivity index (χ3v) is 0.762. The molecule has 4 heteroatoms. The van der Waals surface area contributed by atoms with E-state index in [4.69, 9.17) is 0 Å². The van der Waals surface area contributed by atoms with E-state index >= 15 is 0 Å². The van der Waals surface area contributed by atoms with Gasteiger partial charge in [0.1, 0.15) is 0 Å². The van der Waals surface area contributed by atoms with Crippen LogP contribution in [0.1, 0.15) is 0 Å². The largest absolute Gasteiger partial charge is 0.273 e. The summed E-state index contributed by atoms with van der Waals surface area (Å²) in [7, 11) is -2.35. The quantitative estimate of drug-likeness (QED) is 0.436. The predicted molar refractivity (Wildman–Crippen MR) is 21.3 cm³/mol. The molecule has 0 bridgehead atoms. The Bertz CT molecular complexity index is 111. The average Bonchev–Trinajstić information content (AvgIpc) is 1.35. The van der Waals surface area contributed by atoms with Crippen molar-refractivity contribution in [2.24, 2.45) is 0 Å². The Labute approximate surface area is 37.1 Å². The molecule has 0 fully saturated rings. The lowest BCUT2D eigenvalue weighted by Gasteiger charge is -1.83. The number of hydrogen-bond acceptors (Lipinski definition) is 3. The molecule has 0 saturated heterocycles. The van der Waals surface area contributed by atoms with E-state index in [9.17, 15) is 8.42 Å². The van der Waals surface area contributed by atoms with E-state index in [1.54, 1.807) is 0 Å². The minimum Gasteiger partial charge on any atom is -0.273 e. The summed E-state index contributed by atoms with van der Waals surface area (Å²) in [5, 5.41) is 0. The zero-order valence-corrected chi connectivity index (χ0v) is 4.16. The first-order valence-corrected chi connectivity index (χ1v) is 2.77. The molecule has 0 aromatic carbocycles. The Hall–Kier alpha value is -0.0900. The van der Waals surface area contributed by atoms with Crippen LogP contribution in [0.3, 0.4) is 0 Å². The minimum atomic E-state index is -3.41. The van der Waals surface area contributed by atoms with Crippen molar-refractivity contribution < 1.29 is 12.6 Å². The van der Waals surface area contributed by atoms with Crippen LogP contribution in [0, 0.1) is 6.26 Å². The molecule has 3 nitrogen and oxygen atoms in total. The van der Waals surface area contributed by atoms with Crippen molar-refractivity contribution in [2.75, 3.05) is 7.11 Å². The second kappa shape index (κ2) is 1.57.